The van der Waals surface area contributed by atoms with Gasteiger partial charge in [-0.2, -0.15) is 0 Å². The third kappa shape index (κ3) is 3.76. The van der Waals surface area contributed by atoms with Crippen LogP contribution in [-0.2, 0) is 0 Å². The van der Waals surface area contributed by atoms with Crippen molar-refractivity contribution in [1.82, 2.24) is 4.57 Å². The first-order chi connectivity index (χ1) is 19.3. The van der Waals surface area contributed by atoms with Gasteiger partial charge in [0, 0.05) is 16.5 Å². The van der Waals surface area contributed by atoms with Gasteiger partial charge in [-0.15, -0.1) is 0 Å². The molecule has 0 N–H and O–H groups in total. The van der Waals surface area contributed by atoms with Crippen molar-refractivity contribution < 1.29 is 0 Å². The van der Waals surface area contributed by atoms with Gasteiger partial charge in [0.2, 0.25) is 0 Å². The first-order valence-electron chi connectivity index (χ1n) is 13.5. The number of nitrogens with zero attached hydrogens (tertiary/aromatic N) is 1. The molecule has 0 aliphatic heterocycles. The Kier molecular flexibility index (Phi) is 5.76. The van der Waals surface area contributed by atoms with E-state index in [2.05, 4.69) is 169 Å². The Morgan fingerprint density at radius 2 is 0.872 bits per heavy atom. The molecule has 7 aromatic rings. The van der Waals surface area contributed by atoms with Crippen LogP contribution in [0, 0.1) is 6.92 Å². The van der Waals surface area contributed by atoms with Crippen LogP contribution in [0.5, 0.6) is 0 Å². The summed E-state index contributed by atoms with van der Waals surface area (Å²) in [6, 6.07) is 58.3. The lowest BCUT2D eigenvalue weighted by Gasteiger charge is -2.35. The second-order valence-electron chi connectivity index (χ2n) is 10.3. The number of aromatic nitrogens is 1. The van der Waals surface area contributed by atoms with Gasteiger partial charge < -0.3 is 4.57 Å². The zero-order chi connectivity index (χ0) is 26.2. The fourth-order valence-electron chi connectivity index (χ4n) is 6.33. The molecule has 0 spiro atoms. The van der Waals surface area contributed by atoms with E-state index in [9.17, 15) is 0 Å². The lowest BCUT2D eigenvalue weighted by atomic mass is 10.2. The molecule has 6 aromatic carbocycles. The summed E-state index contributed by atoms with van der Waals surface area (Å²) in [7, 11) is -2.62. The smallest absolute Gasteiger partial charge is 0.179 e. The minimum atomic E-state index is -2.62. The minimum absolute atomic E-state index is 1.20. The van der Waals surface area contributed by atoms with E-state index in [1.54, 1.807) is 0 Å². The quantitative estimate of drug-likeness (QED) is 0.183. The Labute approximate surface area is 230 Å². The summed E-state index contributed by atoms with van der Waals surface area (Å²) in [6.07, 6.45) is 0. The molecular formula is C37H29NSi. The average molecular weight is 516 g/mol. The van der Waals surface area contributed by atoms with E-state index in [0.717, 1.165) is 0 Å². The molecule has 0 unspecified atom stereocenters. The molecule has 0 saturated heterocycles. The number of aryl methyl sites for hydroxylation is 1. The van der Waals surface area contributed by atoms with Gasteiger partial charge in [0.05, 0.1) is 11.0 Å². The lowest BCUT2D eigenvalue weighted by Crippen LogP contribution is -2.74. The third-order valence-corrected chi connectivity index (χ3v) is 12.7. The van der Waals surface area contributed by atoms with Gasteiger partial charge in [-0.1, -0.05) is 139 Å². The zero-order valence-electron chi connectivity index (χ0n) is 22.0. The number of para-hydroxylation sites is 2. The second-order valence-corrected chi connectivity index (χ2v) is 14.1. The second kappa shape index (κ2) is 9.58. The molecule has 0 aliphatic rings. The summed E-state index contributed by atoms with van der Waals surface area (Å²) < 4.78 is 2.43. The largest absolute Gasteiger partial charge is 0.309 e. The first kappa shape index (κ1) is 23.5. The highest BCUT2D eigenvalue weighted by Gasteiger charge is 2.41. The Morgan fingerprint density at radius 3 is 1.44 bits per heavy atom. The Balaban J connectivity index is 1.58. The minimum Gasteiger partial charge on any atom is -0.309 e. The number of hydrogen-bond acceptors (Lipinski definition) is 0. The maximum Gasteiger partial charge on any atom is 0.179 e. The van der Waals surface area contributed by atoms with Crippen molar-refractivity contribution in [2.45, 2.75) is 6.92 Å². The van der Waals surface area contributed by atoms with E-state index < -0.39 is 8.07 Å². The van der Waals surface area contributed by atoms with Crippen molar-refractivity contribution in [1.29, 1.82) is 0 Å². The van der Waals surface area contributed by atoms with E-state index in [4.69, 9.17) is 0 Å². The summed E-state index contributed by atoms with van der Waals surface area (Å²) in [5, 5.41) is 8.13. The summed E-state index contributed by atoms with van der Waals surface area (Å²) in [6.45, 7) is 2.20. The van der Waals surface area contributed by atoms with Gasteiger partial charge in [-0.25, -0.2) is 0 Å². The molecule has 39 heavy (non-hydrogen) atoms. The molecule has 186 valence electrons. The van der Waals surface area contributed by atoms with Crippen molar-refractivity contribution >= 4 is 50.6 Å². The van der Waals surface area contributed by atoms with Crippen molar-refractivity contribution in [2.75, 3.05) is 0 Å². The number of rotatable bonds is 5. The molecule has 1 aromatic heterocycles. The summed E-state index contributed by atoms with van der Waals surface area (Å²) in [5.41, 5.74) is 4.95. The number of benzene rings is 6. The van der Waals surface area contributed by atoms with Gasteiger partial charge >= 0.3 is 0 Å². The van der Waals surface area contributed by atoms with E-state index in [1.165, 1.54) is 53.8 Å². The molecule has 0 fully saturated rings. The number of hydrogen-bond donors (Lipinski definition) is 0. The molecule has 0 aliphatic carbocycles. The SMILES string of the molecule is Cc1cccc([Si](c2ccccc2)(c2ccccc2)c2cccc(-n3c4ccccc4c4ccccc43)c2)c1. The maximum atomic E-state index is 2.45. The predicted molar refractivity (Wildman–Crippen MR) is 169 cm³/mol. The van der Waals surface area contributed by atoms with Crippen LogP contribution < -0.4 is 20.7 Å². The zero-order valence-corrected chi connectivity index (χ0v) is 23.0. The van der Waals surface area contributed by atoms with Crippen molar-refractivity contribution in [3.8, 4) is 5.69 Å². The molecule has 1 heterocycles. The van der Waals surface area contributed by atoms with Crippen molar-refractivity contribution in [3.05, 3.63) is 163 Å². The van der Waals surface area contributed by atoms with Crippen LogP contribution in [0.4, 0.5) is 0 Å². The standard InChI is InChI=1S/C37H29NSi/c1-28-14-12-20-32(26-28)39(30-16-4-2-5-17-30,31-18-6-3-7-19-31)33-21-13-15-29(27-33)38-36-24-10-8-22-34(36)35-23-9-11-25-37(35)38/h2-27H,1H3. The molecule has 0 radical (unpaired) electrons. The number of fused-ring (bicyclic) bond motifs is 3. The molecule has 7 rings (SSSR count). The van der Waals surface area contributed by atoms with Crippen LogP contribution in [0.1, 0.15) is 5.56 Å². The molecule has 0 bridgehead atoms. The van der Waals surface area contributed by atoms with E-state index in [-0.39, 0.29) is 0 Å². The predicted octanol–water partition coefficient (Wildman–Crippen LogP) is 6.47. The van der Waals surface area contributed by atoms with Gasteiger partial charge in [-0.05, 0) is 51.9 Å². The molecule has 1 nitrogen and oxygen atoms in total. The molecule has 2 heteroatoms. The van der Waals surface area contributed by atoms with Crippen LogP contribution in [0.3, 0.4) is 0 Å². The first-order valence-corrected chi connectivity index (χ1v) is 15.5. The molecule has 0 saturated carbocycles. The molecule has 0 atom stereocenters. The summed E-state index contributed by atoms with van der Waals surface area (Å²) in [5.74, 6) is 0. The Morgan fingerprint density at radius 1 is 0.410 bits per heavy atom. The van der Waals surface area contributed by atoms with Crippen LogP contribution >= 0.6 is 0 Å². The van der Waals surface area contributed by atoms with Crippen LogP contribution in [0.15, 0.2) is 158 Å². The lowest BCUT2D eigenvalue weighted by molar-refractivity contribution is 1.18. The van der Waals surface area contributed by atoms with E-state index in [1.807, 2.05) is 0 Å². The van der Waals surface area contributed by atoms with Gasteiger partial charge in [-0.3, -0.25) is 0 Å². The molecular weight excluding hydrogens is 487 g/mol. The van der Waals surface area contributed by atoms with Crippen LogP contribution in [0.25, 0.3) is 27.5 Å². The summed E-state index contributed by atoms with van der Waals surface area (Å²) >= 11 is 0. The maximum absolute atomic E-state index is 2.62. The normalized spacial score (nSPS) is 11.7. The Hall–Kier alpha value is -4.66. The van der Waals surface area contributed by atoms with E-state index in [0.29, 0.717) is 0 Å². The molecule has 0 amide bonds. The highest BCUT2D eigenvalue weighted by molar-refractivity contribution is 7.19. The summed E-state index contributed by atoms with van der Waals surface area (Å²) in [4.78, 5) is 0. The van der Waals surface area contributed by atoms with Crippen LogP contribution in [-0.4, -0.2) is 12.6 Å². The van der Waals surface area contributed by atoms with Gasteiger partial charge in [0.15, 0.2) is 8.07 Å². The highest BCUT2D eigenvalue weighted by atomic mass is 28.3. The highest BCUT2D eigenvalue weighted by Crippen LogP contribution is 2.31. The Bertz CT molecular complexity index is 1830. The average Bonchev–Trinajstić information content (AvgIpc) is 3.34. The fourth-order valence-corrected chi connectivity index (χ4v) is 11.2. The fraction of sp³-hybridized carbons (Fsp3) is 0.0270. The third-order valence-electron chi connectivity index (χ3n) is 7.98. The van der Waals surface area contributed by atoms with Gasteiger partial charge in [0.25, 0.3) is 0 Å². The van der Waals surface area contributed by atoms with Crippen molar-refractivity contribution in [2.24, 2.45) is 0 Å². The topological polar surface area (TPSA) is 4.93 Å². The van der Waals surface area contributed by atoms with E-state index >= 15 is 0 Å². The van der Waals surface area contributed by atoms with Crippen molar-refractivity contribution in [3.63, 3.8) is 0 Å². The monoisotopic (exact) mass is 515 g/mol. The van der Waals surface area contributed by atoms with Gasteiger partial charge in [0.1, 0.15) is 0 Å². The van der Waals surface area contributed by atoms with Crippen LogP contribution in [0.2, 0.25) is 0 Å².